The minimum Gasteiger partial charge on any atom is -0.457 e. The third kappa shape index (κ3) is 9.35. The highest BCUT2D eigenvalue weighted by Crippen LogP contribution is 2.41. The maximum Gasteiger partial charge on any atom is 0.407 e. The van der Waals surface area contributed by atoms with Crippen LogP contribution < -0.4 is 10.6 Å². The molecule has 1 aliphatic heterocycles. The molecule has 4 atom stereocenters. The van der Waals surface area contributed by atoms with E-state index in [1.807, 2.05) is 0 Å². The lowest BCUT2D eigenvalue weighted by Gasteiger charge is -2.37. The summed E-state index contributed by atoms with van der Waals surface area (Å²) in [5.74, 6) is -0.685. The van der Waals surface area contributed by atoms with Crippen LogP contribution in [0, 0.1) is 23.7 Å². The molecule has 2 heterocycles. The van der Waals surface area contributed by atoms with Crippen LogP contribution in [0.2, 0.25) is 0 Å². The normalized spacial score (nSPS) is 24.4. The number of likely N-dealkylation sites (tertiary alicyclic amines) is 1. The predicted molar refractivity (Wildman–Crippen MR) is 186 cm³/mol. The van der Waals surface area contributed by atoms with E-state index >= 15 is 0 Å². The van der Waals surface area contributed by atoms with Crippen molar-refractivity contribution in [3.63, 3.8) is 0 Å². The van der Waals surface area contributed by atoms with Gasteiger partial charge in [-0.05, 0) is 102 Å². The quantitative estimate of drug-likeness (QED) is 0.239. The van der Waals surface area contributed by atoms with Crippen LogP contribution in [0.3, 0.4) is 0 Å². The summed E-state index contributed by atoms with van der Waals surface area (Å²) < 4.78 is 35.5. The molecular formula is C38H54FN3O8. The van der Waals surface area contributed by atoms with E-state index in [1.54, 1.807) is 64.0 Å². The van der Waals surface area contributed by atoms with E-state index in [9.17, 15) is 23.6 Å². The lowest BCUT2D eigenvalue weighted by Crippen LogP contribution is -2.50. The number of carbonyl (C=O) groups excluding carboxylic acids is 4. The standard InChI is InChI=1S/C38H54FN3O8/c1-23(47-5)22-48-36(45)32-20-27-19-28(15-16-31(27)49-32)40-34(43)33-29(24-9-7-6-8-10-24)17-18-42(33)35(44)26-13-11-25(12-14-26)30(21-39)41-37(46)50-38(2,3)4/h15-16,19-20,23-26,29-30,33H,6-14,17-18,21-22H2,1-5H3,(H,40,43)(H,41,46)/t23-,25?,26?,29-,30+,33+/m0/s1. The molecule has 11 nitrogen and oxygen atoms in total. The average molecular weight is 700 g/mol. The van der Waals surface area contributed by atoms with Crippen molar-refractivity contribution in [3.05, 3.63) is 30.0 Å². The van der Waals surface area contributed by atoms with Gasteiger partial charge in [0, 0.05) is 30.6 Å². The molecule has 50 heavy (non-hydrogen) atoms. The lowest BCUT2D eigenvalue weighted by molar-refractivity contribution is -0.142. The van der Waals surface area contributed by atoms with E-state index in [2.05, 4.69) is 10.6 Å². The summed E-state index contributed by atoms with van der Waals surface area (Å²) in [6.07, 6.45) is 7.80. The average Bonchev–Trinajstić information content (AvgIpc) is 3.74. The minimum absolute atomic E-state index is 0.0185. The number of esters is 1. The number of nitrogens with zero attached hydrogens (tertiary/aromatic N) is 1. The van der Waals surface area contributed by atoms with Crippen LogP contribution in [0.5, 0.6) is 0 Å². The summed E-state index contributed by atoms with van der Waals surface area (Å²) in [6.45, 7) is 7.00. The number of alkyl halides is 1. The van der Waals surface area contributed by atoms with E-state index in [1.165, 1.54) is 6.42 Å². The van der Waals surface area contributed by atoms with Gasteiger partial charge in [0.1, 0.15) is 30.5 Å². The van der Waals surface area contributed by atoms with Gasteiger partial charge in [0.25, 0.3) is 0 Å². The SMILES string of the molecule is CO[C@@H](C)COC(=O)c1cc2cc(NC(=O)[C@H]3[C@H](C4CCCCC4)CCN3C(=O)C3CCC([C@@H](CF)NC(=O)OC(C)(C)C)CC3)ccc2o1. The van der Waals surface area contributed by atoms with Crippen molar-refractivity contribution in [1.29, 1.82) is 0 Å². The third-order valence-electron chi connectivity index (χ3n) is 10.6. The van der Waals surface area contributed by atoms with Crippen LogP contribution in [0.1, 0.15) is 102 Å². The number of hydrogen-bond donors (Lipinski definition) is 2. The number of rotatable bonds is 11. The molecule has 2 aliphatic carbocycles. The molecule has 2 aromatic rings. The van der Waals surface area contributed by atoms with Crippen LogP contribution in [0.4, 0.5) is 14.9 Å². The molecule has 0 radical (unpaired) electrons. The van der Waals surface area contributed by atoms with E-state index < -0.39 is 36.4 Å². The van der Waals surface area contributed by atoms with Crippen molar-refractivity contribution in [1.82, 2.24) is 10.2 Å². The number of fused-ring (bicyclic) bond motifs is 1. The van der Waals surface area contributed by atoms with Crippen LogP contribution in [-0.2, 0) is 23.8 Å². The van der Waals surface area contributed by atoms with Gasteiger partial charge < -0.3 is 34.2 Å². The van der Waals surface area contributed by atoms with Crippen molar-refractivity contribution < 1.29 is 42.2 Å². The van der Waals surface area contributed by atoms with Gasteiger partial charge in [-0.25, -0.2) is 14.0 Å². The van der Waals surface area contributed by atoms with Gasteiger partial charge in [-0.15, -0.1) is 0 Å². The molecule has 0 bridgehead atoms. The summed E-state index contributed by atoms with van der Waals surface area (Å²) in [5, 5.41) is 6.41. The maximum absolute atomic E-state index is 14.2. The number of methoxy groups -OCH3 is 1. The Balaban J connectivity index is 1.26. The Morgan fingerprint density at radius 2 is 1.72 bits per heavy atom. The number of anilines is 1. The van der Waals surface area contributed by atoms with Gasteiger partial charge >= 0.3 is 12.1 Å². The van der Waals surface area contributed by atoms with Crippen LogP contribution >= 0.6 is 0 Å². The Bertz CT molecular complexity index is 1490. The largest absolute Gasteiger partial charge is 0.457 e. The Labute approximate surface area is 294 Å². The number of benzene rings is 1. The number of amides is 3. The predicted octanol–water partition coefficient (Wildman–Crippen LogP) is 7.03. The zero-order chi connectivity index (χ0) is 36.0. The van der Waals surface area contributed by atoms with Gasteiger partial charge in [-0.2, -0.15) is 0 Å². The number of furan rings is 1. The van der Waals surface area contributed by atoms with Crippen LogP contribution in [-0.4, -0.2) is 79.5 Å². The second-order valence-corrected chi connectivity index (χ2v) is 15.3. The summed E-state index contributed by atoms with van der Waals surface area (Å²) in [5.41, 5.74) is 0.352. The van der Waals surface area contributed by atoms with Gasteiger partial charge in [0.15, 0.2) is 0 Å². The first-order chi connectivity index (χ1) is 23.9. The Kier molecular flexibility index (Phi) is 12.5. The maximum atomic E-state index is 14.2. The summed E-state index contributed by atoms with van der Waals surface area (Å²) in [4.78, 5) is 55.0. The van der Waals surface area contributed by atoms with Gasteiger partial charge in [0.2, 0.25) is 17.6 Å². The molecule has 1 saturated heterocycles. The Morgan fingerprint density at radius 1 is 1.00 bits per heavy atom. The van der Waals surface area contributed by atoms with Crippen molar-refractivity contribution in [2.45, 2.75) is 116 Å². The highest BCUT2D eigenvalue weighted by atomic mass is 19.1. The first-order valence-corrected chi connectivity index (χ1v) is 18.3. The number of ether oxygens (including phenoxy) is 3. The first-order valence-electron chi connectivity index (χ1n) is 18.3. The van der Waals surface area contributed by atoms with Crippen LogP contribution in [0.25, 0.3) is 11.0 Å². The number of carbonyl (C=O) groups is 4. The summed E-state index contributed by atoms with van der Waals surface area (Å²) in [7, 11) is 1.54. The first kappa shape index (κ1) is 37.6. The van der Waals surface area contributed by atoms with Crippen molar-refractivity contribution >= 4 is 40.5 Å². The topological polar surface area (TPSA) is 136 Å². The Hall–Kier alpha value is -3.67. The molecule has 3 aliphatic rings. The number of halogens is 1. The Morgan fingerprint density at radius 3 is 2.38 bits per heavy atom. The zero-order valence-corrected chi connectivity index (χ0v) is 30.1. The number of hydrogen-bond acceptors (Lipinski definition) is 8. The molecule has 3 fully saturated rings. The van der Waals surface area contributed by atoms with E-state index in [0.29, 0.717) is 54.8 Å². The molecule has 1 aromatic carbocycles. The van der Waals surface area contributed by atoms with Gasteiger partial charge in [-0.1, -0.05) is 32.1 Å². The van der Waals surface area contributed by atoms with E-state index in [4.69, 9.17) is 18.6 Å². The second kappa shape index (κ2) is 16.6. The van der Waals surface area contributed by atoms with Crippen molar-refractivity contribution in [2.24, 2.45) is 23.7 Å². The lowest BCUT2D eigenvalue weighted by atomic mass is 9.76. The van der Waals surface area contributed by atoms with Crippen molar-refractivity contribution in [2.75, 3.05) is 32.3 Å². The highest BCUT2D eigenvalue weighted by Gasteiger charge is 2.47. The number of alkyl carbamates (subject to hydrolysis) is 1. The second-order valence-electron chi connectivity index (χ2n) is 15.3. The minimum atomic E-state index is -0.705. The molecule has 12 heteroatoms. The molecule has 2 saturated carbocycles. The fourth-order valence-electron chi connectivity index (χ4n) is 7.97. The van der Waals surface area contributed by atoms with E-state index in [0.717, 1.165) is 32.1 Å². The van der Waals surface area contributed by atoms with Crippen molar-refractivity contribution in [3.8, 4) is 0 Å². The van der Waals surface area contributed by atoms with Gasteiger partial charge in [-0.3, -0.25) is 9.59 Å². The van der Waals surface area contributed by atoms with E-state index in [-0.39, 0.29) is 48.0 Å². The molecule has 0 spiro atoms. The summed E-state index contributed by atoms with van der Waals surface area (Å²) in [6, 6.07) is 5.52. The number of nitrogens with one attached hydrogen (secondary N) is 2. The van der Waals surface area contributed by atoms with Gasteiger partial charge in [0.05, 0.1) is 12.1 Å². The fourth-order valence-corrected chi connectivity index (χ4v) is 7.97. The fraction of sp³-hybridized carbons (Fsp3) is 0.684. The monoisotopic (exact) mass is 699 g/mol. The van der Waals surface area contributed by atoms with Crippen LogP contribution in [0.15, 0.2) is 28.7 Å². The molecule has 0 unspecified atom stereocenters. The molecule has 2 N–H and O–H groups in total. The highest BCUT2D eigenvalue weighted by molar-refractivity contribution is 6.00. The molecule has 1 aromatic heterocycles. The zero-order valence-electron chi connectivity index (χ0n) is 30.1. The molecule has 5 rings (SSSR count). The molecule has 3 amide bonds. The molecular weight excluding hydrogens is 645 g/mol. The summed E-state index contributed by atoms with van der Waals surface area (Å²) >= 11 is 0. The smallest absolute Gasteiger partial charge is 0.407 e. The third-order valence-corrected chi connectivity index (χ3v) is 10.6. The molecule has 276 valence electrons.